The van der Waals surface area contributed by atoms with Crippen LogP contribution in [0.2, 0.25) is 0 Å². The molecule has 0 rings (SSSR count). The number of nitro groups is 1. The van der Waals surface area contributed by atoms with Gasteiger partial charge in [0.05, 0.1) is 4.91 Å². The van der Waals surface area contributed by atoms with Crippen LogP contribution in [-0.2, 0) is 0 Å². The molecule has 9 heavy (non-hydrogen) atoms. The van der Waals surface area contributed by atoms with Crippen molar-refractivity contribution in [3.05, 3.63) is 26.3 Å². The van der Waals surface area contributed by atoms with Gasteiger partial charge in [0.15, 0.2) is 0 Å². The average Bonchev–Trinajstić information content (AvgIpc) is 1.64. The third-order valence-electron chi connectivity index (χ3n) is 0.454. The first kappa shape index (κ1) is 7.25. The van der Waals surface area contributed by atoms with E-state index in [0.717, 1.165) is 5.87 Å². The van der Waals surface area contributed by atoms with Crippen molar-refractivity contribution in [2.75, 3.05) is 0 Å². The highest BCUT2D eigenvalue weighted by atomic mass is 16.7. The van der Waals surface area contributed by atoms with Gasteiger partial charge >= 0.3 is 10.7 Å². The van der Waals surface area contributed by atoms with E-state index in [1.807, 2.05) is 0 Å². The summed E-state index contributed by atoms with van der Waals surface area (Å²) in [4.78, 5) is 16.7. The van der Waals surface area contributed by atoms with Crippen LogP contribution in [0.1, 0.15) is 0 Å². The Kier molecular flexibility index (Phi) is 2.04. The van der Waals surface area contributed by atoms with Crippen molar-refractivity contribution in [1.82, 2.24) is 0 Å². The number of rotatable bonds is 2. The minimum Gasteiger partial charge on any atom is -0.751 e. The second kappa shape index (κ2) is 2.53. The first-order valence-electron chi connectivity index (χ1n) is 1.67. The van der Waals surface area contributed by atoms with Crippen LogP contribution in [0.15, 0.2) is 5.82 Å². The van der Waals surface area contributed by atoms with Crippen LogP contribution in [0.5, 0.6) is 0 Å². The van der Waals surface area contributed by atoms with Crippen LogP contribution in [0.4, 0.5) is 0 Å². The van der Waals surface area contributed by atoms with Crippen LogP contribution < -0.4 is 0 Å². The third kappa shape index (κ3) is 1.66. The molecule has 0 saturated heterocycles. The van der Waals surface area contributed by atoms with E-state index in [1.54, 1.807) is 0 Å². The number of nitrogens with zero attached hydrogens (tertiary/aromatic N) is 3. The molecule has 0 aromatic carbocycles. The maximum atomic E-state index is 9.59. The Labute approximate surface area is 48.4 Å². The smallest absolute Gasteiger partial charge is 0.623 e. The van der Waals surface area contributed by atoms with Crippen LogP contribution >= 0.6 is 0 Å². The lowest BCUT2D eigenvalue weighted by molar-refractivity contribution is -0.818. The van der Waals surface area contributed by atoms with Gasteiger partial charge in [0.2, 0.25) is 0 Å². The first-order valence-corrected chi connectivity index (χ1v) is 1.67. The molecule has 1 N–H and O–H groups in total. The van der Waals surface area contributed by atoms with Crippen LogP contribution in [0.25, 0.3) is 5.41 Å². The normalized spacial score (nSPS) is 7.56. The number of hydrogen-bond donors (Lipinski definition) is 1. The van der Waals surface area contributed by atoms with E-state index in [1.165, 1.54) is 0 Å². The van der Waals surface area contributed by atoms with Gasteiger partial charge < -0.3 is 5.41 Å². The van der Waals surface area contributed by atoms with Crippen molar-refractivity contribution in [2.45, 2.75) is 0 Å². The van der Waals surface area contributed by atoms with E-state index in [2.05, 4.69) is 0 Å². The molecule has 0 aromatic rings. The van der Waals surface area contributed by atoms with Gasteiger partial charge in [-0.05, 0) is 0 Å². The molecule has 48 valence electrons. The van der Waals surface area contributed by atoms with Crippen molar-refractivity contribution in [3.63, 3.8) is 0 Å². The molecule has 0 bridgehead atoms. The van der Waals surface area contributed by atoms with Crippen molar-refractivity contribution in [2.24, 2.45) is 0 Å². The molecule has 7 nitrogen and oxygen atoms in total. The number of hydrogen-bond acceptors (Lipinski definition) is 3. The summed E-state index contributed by atoms with van der Waals surface area (Å²) >= 11 is 0. The Balaban J connectivity index is 4.59. The van der Waals surface area contributed by atoms with Crippen LogP contribution in [0.3, 0.4) is 0 Å². The highest BCUT2D eigenvalue weighted by Crippen LogP contribution is 1.86. The molecule has 0 aliphatic heterocycles. The van der Waals surface area contributed by atoms with E-state index in [9.17, 15) is 15.0 Å². The van der Waals surface area contributed by atoms with E-state index in [-0.39, 0.29) is 0 Å². The Morgan fingerprint density at radius 2 is 2.11 bits per heavy atom. The Morgan fingerprint density at radius 1 is 1.67 bits per heavy atom. The van der Waals surface area contributed by atoms with Crippen LogP contribution in [-0.4, -0.2) is 20.9 Å². The Morgan fingerprint density at radius 3 is 2.11 bits per heavy atom. The van der Waals surface area contributed by atoms with E-state index < -0.39 is 15.7 Å². The van der Waals surface area contributed by atoms with Gasteiger partial charge in [0.25, 0.3) is 0 Å². The van der Waals surface area contributed by atoms with Crippen molar-refractivity contribution < 1.29 is 15.1 Å². The van der Waals surface area contributed by atoms with Crippen LogP contribution in [0, 0.1) is 15.0 Å². The first-order chi connectivity index (χ1) is 4.09. The predicted octanol–water partition coefficient (Wildman–Crippen LogP) is -0.488. The Hall–Kier alpha value is -1.75. The van der Waals surface area contributed by atoms with Gasteiger partial charge in [-0.15, -0.1) is 0 Å². The van der Waals surface area contributed by atoms with Gasteiger partial charge in [-0.25, -0.2) is 5.21 Å². The van der Waals surface area contributed by atoms with E-state index in [0.29, 0.717) is 0 Å². The molecule has 0 atom stereocenters. The lowest BCUT2D eigenvalue weighted by Gasteiger charge is -1.76. The van der Waals surface area contributed by atoms with Gasteiger partial charge in [-0.1, -0.05) is 5.87 Å². The average molecular weight is 131 g/mol. The molecule has 0 aliphatic rings. The monoisotopic (exact) mass is 131 g/mol. The summed E-state index contributed by atoms with van der Waals surface area (Å²) in [5.74, 6) is -0.567. The molecule has 0 aromatic heterocycles. The molecule has 0 unspecified atom stereocenters. The summed E-state index contributed by atoms with van der Waals surface area (Å²) in [5.41, 5.74) is 0. The summed E-state index contributed by atoms with van der Waals surface area (Å²) in [6.07, 6.45) is 0. The summed E-state index contributed by atoms with van der Waals surface area (Å²) < 4.78 is 0. The van der Waals surface area contributed by atoms with Crippen molar-refractivity contribution in [1.29, 1.82) is 0 Å². The van der Waals surface area contributed by atoms with E-state index in [4.69, 9.17) is 10.6 Å². The zero-order valence-corrected chi connectivity index (χ0v) is 4.01. The largest absolute Gasteiger partial charge is 0.751 e. The molecule has 0 amide bonds. The topological polar surface area (TPSA) is 106 Å². The zero-order chi connectivity index (χ0) is 7.44. The van der Waals surface area contributed by atoms with E-state index >= 15 is 0 Å². The van der Waals surface area contributed by atoms with Gasteiger partial charge in [-0.2, -0.15) is 0 Å². The molecule has 0 heterocycles. The highest BCUT2D eigenvalue weighted by molar-refractivity contribution is 5.55. The summed E-state index contributed by atoms with van der Waals surface area (Å²) in [7, 11) is 0. The summed E-state index contributed by atoms with van der Waals surface area (Å²) in [5, 5.41) is 25.0. The van der Waals surface area contributed by atoms with Gasteiger partial charge in [0, 0.05) is 0 Å². The molecular weight excluding hydrogens is 130 g/mol. The fourth-order valence-electron chi connectivity index (χ4n) is 0.153. The fraction of sp³-hybridized carbons (Fsp3) is 0. The highest BCUT2D eigenvalue weighted by Gasteiger charge is 2.27. The lowest BCUT2D eigenvalue weighted by atomic mass is 10.8. The SMILES string of the molecule is [N-]=C=C([N+](=O)[O-])[N+](=O)O. The molecule has 0 fully saturated rings. The maximum Gasteiger partial charge on any atom is 0.623 e. The Bertz CT molecular complexity index is 186. The van der Waals surface area contributed by atoms with Crippen molar-refractivity contribution in [3.8, 4) is 0 Å². The molecular formula is C2HN3O4. The fourth-order valence-corrected chi connectivity index (χ4v) is 0.153. The molecule has 0 aliphatic carbocycles. The predicted molar refractivity (Wildman–Crippen MR) is 24.3 cm³/mol. The second-order valence-corrected chi connectivity index (χ2v) is 0.965. The quantitative estimate of drug-likeness (QED) is 0.310. The lowest BCUT2D eigenvalue weighted by Crippen LogP contribution is -2.11. The molecule has 0 radical (unpaired) electrons. The minimum absolute atomic E-state index is 0.882. The maximum absolute atomic E-state index is 9.59. The van der Waals surface area contributed by atoms with Gasteiger partial charge in [0.1, 0.15) is 4.92 Å². The summed E-state index contributed by atoms with van der Waals surface area (Å²) in [6, 6.07) is 0. The van der Waals surface area contributed by atoms with Crippen molar-refractivity contribution >= 4 is 5.87 Å². The molecule has 0 spiro atoms. The minimum atomic E-state index is -1.45. The molecule has 0 saturated carbocycles. The summed E-state index contributed by atoms with van der Waals surface area (Å²) in [6.45, 7) is 0. The molecule has 7 heteroatoms. The third-order valence-corrected chi connectivity index (χ3v) is 0.454. The standard InChI is InChI=1S/C2HN3O4/c3-1-2(4(6)7)5(8)9/h(H,6,7). The second-order valence-electron chi connectivity index (χ2n) is 0.965. The van der Waals surface area contributed by atoms with Gasteiger partial charge in [-0.3, -0.25) is 10.1 Å². The zero-order valence-electron chi connectivity index (χ0n) is 4.01.